The summed E-state index contributed by atoms with van der Waals surface area (Å²) in [6.07, 6.45) is 5.54. The van der Waals surface area contributed by atoms with E-state index in [9.17, 15) is 14.7 Å². The fourth-order valence-electron chi connectivity index (χ4n) is 3.22. The molecule has 6 nitrogen and oxygen atoms in total. The molecule has 2 aromatic heterocycles. The molecule has 7 heteroatoms. The molecule has 2 heterocycles. The number of rotatable bonds is 4. The summed E-state index contributed by atoms with van der Waals surface area (Å²) < 4.78 is 0. The Hall–Kier alpha value is -2.15. The summed E-state index contributed by atoms with van der Waals surface area (Å²) in [5.41, 5.74) is 3.00. The zero-order chi connectivity index (χ0) is 17.3. The van der Waals surface area contributed by atoms with Crippen molar-refractivity contribution in [2.24, 2.45) is 0 Å². The van der Waals surface area contributed by atoms with E-state index in [-0.39, 0.29) is 5.91 Å². The monoisotopic (exact) mass is 347 g/mol. The van der Waals surface area contributed by atoms with Gasteiger partial charge < -0.3 is 10.4 Å². The van der Waals surface area contributed by atoms with Gasteiger partial charge in [-0.1, -0.05) is 6.42 Å². The molecule has 0 saturated heterocycles. The van der Waals surface area contributed by atoms with Crippen molar-refractivity contribution in [3.8, 4) is 0 Å². The molecule has 0 radical (unpaired) electrons. The van der Waals surface area contributed by atoms with E-state index in [0.29, 0.717) is 21.8 Å². The van der Waals surface area contributed by atoms with Crippen molar-refractivity contribution in [2.45, 2.75) is 52.0 Å². The van der Waals surface area contributed by atoms with Gasteiger partial charge in [-0.3, -0.25) is 9.89 Å². The third kappa shape index (κ3) is 3.21. The zero-order valence-electron chi connectivity index (χ0n) is 13.8. The first kappa shape index (κ1) is 16.7. The number of nitrogens with one attached hydrogen (secondary N) is 2. The van der Waals surface area contributed by atoms with Crippen LogP contribution in [-0.2, 0) is 17.6 Å². The van der Waals surface area contributed by atoms with Crippen LogP contribution in [0.25, 0.3) is 0 Å². The molecule has 0 saturated carbocycles. The maximum atomic E-state index is 12.6. The zero-order valence-corrected chi connectivity index (χ0v) is 14.6. The Morgan fingerprint density at radius 3 is 2.71 bits per heavy atom. The molecule has 0 bridgehead atoms. The molecule has 128 valence electrons. The predicted molar refractivity (Wildman–Crippen MR) is 91.5 cm³/mol. The predicted octanol–water partition coefficient (Wildman–Crippen LogP) is 2.91. The highest BCUT2D eigenvalue weighted by Crippen LogP contribution is 2.29. The summed E-state index contributed by atoms with van der Waals surface area (Å²) in [6, 6.07) is 0.826. The van der Waals surface area contributed by atoms with Crippen LogP contribution in [0.3, 0.4) is 0 Å². The van der Waals surface area contributed by atoms with E-state index in [4.69, 9.17) is 0 Å². The van der Waals surface area contributed by atoms with Gasteiger partial charge in [-0.2, -0.15) is 5.10 Å². The van der Waals surface area contributed by atoms with Crippen LogP contribution in [0.5, 0.6) is 0 Å². The van der Waals surface area contributed by atoms with E-state index in [2.05, 4.69) is 15.5 Å². The summed E-state index contributed by atoms with van der Waals surface area (Å²) in [5.74, 6) is -1.42. The van der Waals surface area contributed by atoms with Gasteiger partial charge in [0.1, 0.15) is 0 Å². The highest BCUT2D eigenvalue weighted by Gasteiger charge is 2.28. The lowest BCUT2D eigenvalue weighted by Gasteiger charge is -2.14. The largest absolute Gasteiger partial charge is 0.479 e. The van der Waals surface area contributed by atoms with Gasteiger partial charge in [0.2, 0.25) is 0 Å². The van der Waals surface area contributed by atoms with Gasteiger partial charge in [-0.15, -0.1) is 11.3 Å². The van der Waals surface area contributed by atoms with Crippen LogP contribution < -0.4 is 5.32 Å². The third-order valence-electron chi connectivity index (χ3n) is 4.47. The van der Waals surface area contributed by atoms with E-state index in [1.165, 1.54) is 28.2 Å². The van der Waals surface area contributed by atoms with Crippen LogP contribution in [0, 0.1) is 13.8 Å². The van der Waals surface area contributed by atoms with E-state index in [1.54, 1.807) is 13.8 Å². The number of aliphatic carboxylic acids is 1. The lowest BCUT2D eigenvalue weighted by molar-refractivity contribution is -0.139. The Morgan fingerprint density at radius 2 is 2.04 bits per heavy atom. The van der Waals surface area contributed by atoms with Gasteiger partial charge in [0, 0.05) is 16.1 Å². The van der Waals surface area contributed by atoms with Crippen LogP contribution in [0.2, 0.25) is 0 Å². The number of aromatic amines is 1. The lowest BCUT2D eigenvalue weighted by atomic mass is 10.0. The van der Waals surface area contributed by atoms with E-state index >= 15 is 0 Å². The number of amides is 1. The lowest BCUT2D eigenvalue weighted by Crippen LogP contribution is -2.34. The molecule has 0 fully saturated rings. The number of aryl methyl sites for hydroxylation is 4. The average molecular weight is 347 g/mol. The second kappa shape index (κ2) is 6.76. The highest BCUT2D eigenvalue weighted by atomic mass is 32.1. The first-order valence-electron chi connectivity index (χ1n) is 8.14. The minimum Gasteiger partial charge on any atom is -0.479 e. The Morgan fingerprint density at radius 1 is 1.29 bits per heavy atom. The van der Waals surface area contributed by atoms with Crippen molar-refractivity contribution in [3.05, 3.63) is 38.3 Å². The molecule has 24 heavy (non-hydrogen) atoms. The minimum absolute atomic E-state index is 0.333. The fraction of sp³-hybridized carbons (Fsp3) is 0.471. The van der Waals surface area contributed by atoms with Gasteiger partial charge in [0.15, 0.2) is 6.04 Å². The fourth-order valence-corrected chi connectivity index (χ4v) is 4.38. The molecule has 3 rings (SSSR count). The molecule has 1 aliphatic carbocycles. The summed E-state index contributed by atoms with van der Waals surface area (Å²) in [6.45, 7) is 3.49. The number of aromatic nitrogens is 2. The molecule has 2 aromatic rings. The summed E-state index contributed by atoms with van der Waals surface area (Å²) in [4.78, 5) is 26.1. The minimum atomic E-state index is -1.10. The third-order valence-corrected chi connectivity index (χ3v) is 5.70. The number of carbonyl (C=O) groups excluding carboxylic acids is 1. The standard InChI is InChI=1S/C17H21N3O3S/c1-9-14(10(2)20-19-9)15(17(22)23)18-16(21)13-8-11-6-4-3-5-7-12(11)24-13/h8,15H,3-7H2,1-2H3,(H,18,21)(H,19,20)(H,22,23)/t15-/m0/s1. The molecule has 0 spiro atoms. The number of fused-ring (bicyclic) bond motifs is 1. The Labute approximate surface area is 144 Å². The Bertz CT molecular complexity index is 735. The van der Waals surface area contributed by atoms with Crippen molar-refractivity contribution >= 4 is 23.2 Å². The van der Waals surface area contributed by atoms with Gasteiger partial charge in [0.05, 0.1) is 10.6 Å². The Balaban J connectivity index is 1.83. The van der Waals surface area contributed by atoms with E-state index in [0.717, 1.165) is 25.7 Å². The van der Waals surface area contributed by atoms with Gasteiger partial charge in [-0.05, 0) is 51.2 Å². The van der Waals surface area contributed by atoms with Crippen LogP contribution in [0.1, 0.15) is 62.4 Å². The van der Waals surface area contributed by atoms with Gasteiger partial charge >= 0.3 is 5.97 Å². The maximum absolute atomic E-state index is 12.6. The van der Waals surface area contributed by atoms with E-state index < -0.39 is 12.0 Å². The smallest absolute Gasteiger partial charge is 0.331 e. The number of nitrogens with zero attached hydrogens (tertiary/aromatic N) is 1. The maximum Gasteiger partial charge on any atom is 0.331 e. The van der Waals surface area contributed by atoms with Gasteiger partial charge in [-0.25, -0.2) is 4.79 Å². The number of carboxylic acid groups (broad SMARTS) is 1. The van der Waals surface area contributed by atoms with Crippen LogP contribution in [0.4, 0.5) is 0 Å². The van der Waals surface area contributed by atoms with Crippen molar-refractivity contribution < 1.29 is 14.7 Å². The van der Waals surface area contributed by atoms with E-state index in [1.807, 2.05) is 6.07 Å². The summed E-state index contributed by atoms with van der Waals surface area (Å²) in [7, 11) is 0. The first-order valence-corrected chi connectivity index (χ1v) is 8.95. The van der Waals surface area contributed by atoms with Crippen LogP contribution >= 0.6 is 11.3 Å². The van der Waals surface area contributed by atoms with Crippen molar-refractivity contribution in [1.82, 2.24) is 15.5 Å². The number of H-pyrrole nitrogens is 1. The summed E-state index contributed by atoms with van der Waals surface area (Å²) >= 11 is 1.49. The molecule has 1 atom stereocenters. The van der Waals surface area contributed by atoms with Crippen molar-refractivity contribution in [2.75, 3.05) is 0 Å². The molecule has 0 unspecified atom stereocenters. The normalized spacial score (nSPS) is 15.4. The Kier molecular flexibility index (Phi) is 4.71. The second-order valence-corrected chi connectivity index (χ2v) is 7.35. The highest BCUT2D eigenvalue weighted by molar-refractivity contribution is 7.14. The second-order valence-electron chi connectivity index (χ2n) is 6.21. The SMILES string of the molecule is Cc1n[nH]c(C)c1[C@H](NC(=O)c1cc2c(s1)CCCCC2)C(=O)O. The van der Waals surface area contributed by atoms with Crippen LogP contribution in [-0.4, -0.2) is 27.2 Å². The molecule has 0 aromatic carbocycles. The molecular formula is C17H21N3O3S. The quantitative estimate of drug-likeness (QED) is 0.741. The first-order chi connectivity index (χ1) is 11.5. The average Bonchev–Trinajstić information content (AvgIpc) is 3.01. The molecule has 0 aliphatic heterocycles. The summed E-state index contributed by atoms with van der Waals surface area (Å²) in [5, 5.41) is 19.0. The number of thiophene rings is 1. The number of carbonyl (C=O) groups is 2. The number of carboxylic acids is 1. The molecule has 1 amide bonds. The molecule has 1 aliphatic rings. The topological polar surface area (TPSA) is 95.1 Å². The van der Waals surface area contributed by atoms with Crippen molar-refractivity contribution in [1.29, 1.82) is 0 Å². The molecular weight excluding hydrogens is 326 g/mol. The van der Waals surface area contributed by atoms with Gasteiger partial charge in [0.25, 0.3) is 5.91 Å². The van der Waals surface area contributed by atoms with Crippen molar-refractivity contribution in [3.63, 3.8) is 0 Å². The molecule has 3 N–H and O–H groups in total. The number of hydrogen-bond donors (Lipinski definition) is 3. The van der Waals surface area contributed by atoms with Crippen LogP contribution in [0.15, 0.2) is 6.07 Å². The number of hydrogen-bond acceptors (Lipinski definition) is 4.